The number of carbonyl (C=O) groups excluding carboxylic acids is 2. The first-order chi connectivity index (χ1) is 21.2. The first kappa shape index (κ1) is 31.5. The molecule has 2 amide bonds. The Labute approximate surface area is 253 Å². The number of benzene rings is 4. The summed E-state index contributed by atoms with van der Waals surface area (Å²) >= 11 is 0. The van der Waals surface area contributed by atoms with Crippen molar-refractivity contribution in [3.8, 4) is 17.2 Å². The summed E-state index contributed by atoms with van der Waals surface area (Å²) in [6, 6.07) is 24.2. The highest BCUT2D eigenvalue weighted by atomic mass is 32.2. The Hall–Kier alpha value is -5.43. The lowest BCUT2D eigenvalue weighted by atomic mass is 10.2. The molecule has 0 spiro atoms. The van der Waals surface area contributed by atoms with Crippen LogP contribution in [-0.4, -0.2) is 53.8 Å². The molecule has 11 nitrogen and oxygen atoms in total. The fourth-order valence-corrected chi connectivity index (χ4v) is 5.34. The van der Waals surface area contributed by atoms with E-state index in [0.717, 1.165) is 4.31 Å². The molecule has 4 aromatic carbocycles. The number of rotatable bonds is 13. The van der Waals surface area contributed by atoms with Crippen LogP contribution in [-0.2, 0) is 19.6 Å². The van der Waals surface area contributed by atoms with Crippen molar-refractivity contribution < 1.29 is 36.6 Å². The molecule has 4 aromatic rings. The molecule has 2 N–H and O–H groups in total. The summed E-state index contributed by atoms with van der Waals surface area (Å²) < 4.78 is 57.2. The fourth-order valence-electron chi connectivity index (χ4n) is 3.88. The summed E-state index contributed by atoms with van der Waals surface area (Å²) in [7, 11) is -1.32. The molecule has 228 valence electrons. The van der Waals surface area contributed by atoms with Crippen LogP contribution >= 0.6 is 0 Å². The third-order valence-corrected chi connectivity index (χ3v) is 7.83. The molecule has 0 radical (unpaired) electrons. The predicted octanol–water partition coefficient (Wildman–Crippen LogP) is 4.21. The van der Waals surface area contributed by atoms with Crippen molar-refractivity contribution in [2.75, 3.05) is 37.0 Å². The van der Waals surface area contributed by atoms with E-state index in [0.29, 0.717) is 22.7 Å². The lowest BCUT2D eigenvalue weighted by Gasteiger charge is -2.25. The van der Waals surface area contributed by atoms with Crippen LogP contribution in [0.3, 0.4) is 0 Å². The molecule has 0 aliphatic heterocycles. The highest BCUT2D eigenvalue weighted by molar-refractivity contribution is 7.92. The largest absolute Gasteiger partial charge is 0.497 e. The van der Waals surface area contributed by atoms with Crippen LogP contribution in [0.5, 0.6) is 17.2 Å². The van der Waals surface area contributed by atoms with Gasteiger partial charge in [0.1, 0.15) is 29.6 Å². The van der Waals surface area contributed by atoms with Gasteiger partial charge in [0, 0.05) is 11.8 Å². The van der Waals surface area contributed by atoms with Crippen LogP contribution in [0.2, 0.25) is 0 Å². The van der Waals surface area contributed by atoms with Gasteiger partial charge in [0.15, 0.2) is 6.61 Å². The van der Waals surface area contributed by atoms with Gasteiger partial charge in [-0.15, -0.1) is 0 Å². The molecule has 0 aliphatic rings. The Morgan fingerprint density at radius 1 is 0.864 bits per heavy atom. The summed E-state index contributed by atoms with van der Waals surface area (Å²) in [4.78, 5) is 25.0. The Morgan fingerprint density at radius 2 is 1.55 bits per heavy atom. The number of amides is 2. The molecule has 0 unspecified atom stereocenters. The van der Waals surface area contributed by atoms with Crippen molar-refractivity contribution >= 4 is 39.4 Å². The number of methoxy groups -OCH3 is 2. The van der Waals surface area contributed by atoms with E-state index >= 15 is 0 Å². The minimum atomic E-state index is -4.17. The van der Waals surface area contributed by atoms with Crippen LogP contribution in [0.4, 0.5) is 15.8 Å². The molecular formula is C31H29FN4O7S. The van der Waals surface area contributed by atoms with E-state index in [1.54, 1.807) is 48.5 Å². The zero-order valence-corrected chi connectivity index (χ0v) is 24.6. The number of carbonyl (C=O) groups is 2. The third kappa shape index (κ3) is 8.32. The molecular weight excluding hydrogens is 591 g/mol. The molecule has 0 bridgehead atoms. The van der Waals surface area contributed by atoms with Gasteiger partial charge >= 0.3 is 0 Å². The minimum Gasteiger partial charge on any atom is -0.497 e. The van der Waals surface area contributed by atoms with Gasteiger partial charge in [-0.1, -0.05) is 18.2 Å². The number of halogens is 1. The van der Waals surface area contributed by atoms with Gasteiger partial charge in [-0.3, -0.25) is 13.9 Å². The smallest absolute Gasteiger partial charge is 0.264 e. The number of hydrogen-bond acceptors (Lipinski definition) is 8. The lowest BCUT2D eigenvalue weighted by Crippen LogP contribution is -2.39. The molecule has 0 heterocycles. The summed E-state index contributed by atoms with van der Waals surface area (Å²) in [5.41, 5.74) is 3.52. The van der Waals surface area contributed by atoms with E-state index in [1.807, 2.05) is 0 Å². The molecule has 0 aliphatic carbocycles. The van der Waals surface area contributed by atoms with Gasteiger partial charge in [-0.2, -0.15) is 5.10 Å². The normalized spacial score (nSPS) is 11.1. The molecule has 44 heavy (non-hydrogen) atoms. The maximum Gasteiger partial charge on any atom is 0.264 e. The quantitative estimate of drug-likeness (QED) is 0.169. The number of sulfonamides is 1. The second-order valence-corrected chi connectivity index (χ2v) is 10.9. The Balaban J connectivity index is 1.39. The van der Waals surface area contributed by atoms with E-state index in [4.69, 9.17) is 14.2 Å². The molecule has 0 saturated heterocycles. The van der Waals surface area contributed by atoms with Crippen molar-refractivity contribution in [1.29, 1.82) is 0 Å². The van der Waals surface area contributed by atoms with Gasteiger partial charge in [0.05, 0.1) is 31.0 Å². The van der Waals surface area contributed by atoms with Gasteiger partial charge < -0.3 is 19.5 Å². The molecule has 4 rings (SSSR count). The Morgan fingerprint density at radius 3 is 2.20 bits per heavy atom. The number of hydrogen-bond donors (Lipinski definition) is 2. The van der Waals surface area contributed by atoms with E-state index in [1.165, 1.54) is 69.0 Å². The highest BCUT2D eigenvalue weighted by Gasteiger charge is 2.29. The minimum absolute atomic E-state index is 0.00980. The number of ether oxygens (including phenoxy) is 3. The molecule has 0 aromatic heterocycles. The second-order valence-electron chi connectivity index (χ2n) is 9.07. The topological polar surface area (TPSA) is 136 Å². The van der Waals surface area contributed by atoms with Gasteiger partial charge in [-0.25, -0.2) is 18.2 Å². The summed E-state index contributed by atoms with van der Waals surface area (Å²) in [6.45, 7) is -0.855. The van der Waals surface area contributed by atoms with Gasteiger partial charge in [0.25, 0.3) is 21.8 Å². The van der Waals surface area contributed by atoms with Crippen molar-refractivity contribution in [2.45, 2.75) is 4.90 Å². The zero-order valence-electron chi connectivity index (χ0n) is 23.8. The average molecular weight is 621 g/mol. The maximum atomic E-state index is 13.6. The standard InChI is InChI=1S/C31H29FN4O7S/c1-41-26-16-17-28(29(18-26)42-2)36(44(39,40)27-6-4-3-5-7-27)20-30(37)35-33-19-22-8-14-25(15-9-22)43-21-31(38)34-24-12-10-23(32)11-13-24/h3-19H,20-21H2,1-2H3,(H,34,38)(H,35,37)/b33-19-. The second kappa shape index (κ2) is 14.6. The Kier molecular flexibility index (Phi) is 10.5. The molecule has 13 heteroatoms. The van der Waals surface area contributed by atoms with E-state index < -0.39 is 34.2 Å². The van der Waals surface area contributed by atoms with Crippen LogP contribution in [0, 0.1) is 5.82 Å². The van der Waals surface area contributed by atoms with E-state index in [-0.39, 0.29) is 22.9 Å². The van der Waals surface area contributed by atoms with Crippen LogP contribution in [0.1, 0.15) is 5.56 Å². The highest BCUT2D eigenvalue weighted by Crippen LogP contribution is 2.35. The monoisotopic (exact) mass is 620 g/mol. The van der Waals surface area contributed by atoms with Gasteiger partial charge in [-0.05, 0) is 78.4 Å². The lowest BCUT2D eigenvalue weighted by molar-refractivity contribution is -0.119. The molecule has 0 fully saturated rings. The van der Waals surface area contributed by atoms with Crippen LogP contribution in [0.25, 0.3) is 0 Å². The van der Waals surface area contributed by atoms with E-state index in [2.05, 4.69) is 15.8 Å². The van der Waals surface area contributed by atoms with Crippen LogP contribution in [0.15, 0.2) is 107 Å². The van der Waals surface area contributed by atoms with Crippen molar-refractivity contribution in [3.05, 3.63) is 108 Å². The number of anilines is 2. The third-order valence-electron chi connectivity index (χ3n) is 6.05. The first-order valence-electron chi connectivity index (χ1n) is 13.1. The number of nitrogens with zero attached hydrogens (tertiary/aromatic N) is 2. The summed E-state index contributed by atoms with van der Waals surface area (Å²) in [5, 5.41) is 6.54. The average Bonchev–Trinajstić information content (AvgIpc) is 3.04. The number of hydrazone groups is 1. The predicted molar refractivity (Wildman–Crippen MR) is 163 cm³/mol. The summed E-state index contributed by atoms with van der Waals surface area (Å²) in [6.07, 6.45) is 1.37. The zero-order chi connectivity index (χ0) is 31.5. The molecule has 0 atom stereocenters. The molecule has 0 saturated carbocycles. The first-order valence-corrected chi connectivity index (χ1v) is 14.5. The number of nitrogens with one attached hydrogen (secondary N) is 2. The SMILES string of the molecule is COc1ccc(N(CC(=O)N/N=C\c2ccc(OCC(=O)Nc3ccc(F)cc3)cc2)S(=O)(=O)c2ccccc2)c(OC)c1. The van der Waals surface area contributed by atoms with Gasteiger partial charge in [0.2, 0.25) is 0 Å². The van der Waals surface area contributed by atoms with Crippen LogP contribution < -0.4 is 29.3 Å². The Bertz CT molecular complexity index is 1720. The fraction of sp³-hybridized carbons (Fsp3) is 0.129. The van der Waals surface area contributed by atoms with Crippen molar-refractivity contribution in [2.24, 2.45) is 5.10 Å². The van der Waals surface area contributed by atoms with E-state index in [9.17, 15) is 22.4 Å². The maximum absolute atomic E-state index is 13.6. The van der Waals surface area contributed by atoms with Crippen molar-refractivity contribution in [3.63, 3.8) is 0 Å². The van der Waals surface area contributed by atoms with Crippen molar-refractivity contribution in [1.82, 2.24) is 5.43 Å². The summed E-state index contributed by atoms with van der Waals surface area (Å²) in [5.74, 6) is -0.478.